The molecule has 1 fully saturated rings. The smallest absolute Gasteiger partial charge is 0.308 e. The van der Waals surface area contributed by atoms with E-state index in [0.29, 0.717) is 11.5 Å². The van der Waals surface area contributed by atoms with E-state index in [9.17, 15) is 4.79 Å². The van der Waals surface area contributed by atoms with Gasteiger partial charge in [-0.3, -0.25) is 4.79 Å². The molecular weight excluding hydrogens is 226 g/mol. The summed E-state index contributed by atoms with van der Waals surface area (Å²) in [4.78, 5) is 11.4. The third kappa shape index (κ3) is 4.97. The summed E-state index contributed by atoms with van der Waals surface area (Å²) in [7, 11) is 1.49. The molecule has 18 heavy (non-hydrogen) atoms. The fourth-order valence-corrected chi connectivity index (χ4v) is 2.89. The first-order valence-electron chi connectivity index (χ1n) is 7.29. The van der Waals surface area contributed by atoms with Crippen molar-refractivity contribution in [1.29, 1.82) is 0 Å². The van der Waals surface area contributed by atoms with Crippen LogP contribution in [0.5, 0.6) is 0 Å². The van der Waals surface area contributed by atoms with E-state index in [2.05, 4.69) is 26.1 Å². The van der Waals surface area contributed by atoms with Crippen molar-refractivity contribution < 1.29 is 9.53 Å². The highest BCUT2D eigenvalue weighted by atomic mass is 16.5. The number of methoxy groups -OCH3 is 1. The molecule has 0 heterocycles. The Kier molecular flexibility index (Phi) is 6.13. The van der Waals surface area contributed by atoms with Gasteiger partial charge >= 0.3 is 5.97 Å². The molecule has 0 aromatic heterocycles. The largest absolute Gasteiger partial charge is 0.469 e. The number of carbonyl (C=O) groups excluding carboxylic acids is 1. The van der Waals surface area contributed by atoms with Crippen LogP contribution >= 0.6 is 0 Å². The molecule has 1 rings (SSSR count). The van der Waals surface area contributed by atoms with Crippen molar-refractivity contribution in [3.63, 3.8) is 0 Å². The lowest BCUT2D eigenvalue weighted by Crippen LogP contribution is -2.40. The molecule has 106 valence electrons. The Morgan fingerprint density at radius 1 is 1.28 bits per heavy atom. The summed E-state index contributed by atoms with van der Waals surface area (Å²) in [5, 5.41) is 3.67. The number of nitrogens with one attached hydrogen (secondary N) is 1. The van der Waals surface area contributed by atoms with Crippen LogP contribution in [-0.4, -0.2) is 25.7 Å². The van der Waals surface area contributed by atoms with E-state index >= 15 is 0 Å². The fourth-order valence-electron chi connectivity index (χ4n) is 2.89. The van der Waals surface area contributed by atoms with E-state index in [1.54, 1.807) is 0 Å². The summed E-state index contributed by atoms with van der Waals surface area (Å²) >= 11 is 0. The Morgan fingerprint density at radius 3 is 2.39 bits per heavy atom. The molecule has 3 nitrogen and oxygen atoms in total. The van der Waals surface area contributed by atoms with Crippen LogP contribution in [0.25, 0.3) is 0 Å². The van der Waals surface area contributed by atoms with Gasteiger partial charge < -0.3 is 10.1 Å². The zero-order chi connectivity index (χ0) is 13.6. The predicted octanol–water partition coefficient (Wildman–Crippen LogP) is 3.13. The fraction of sp³-hybridized carbons (Fsp3) is 0.933. The van der Waals surface area contributed by atoms with Gasteiger partial charge in [-0.15, -0.1) is 0 Å². The number of ether oxygens (including phenoxy) is 1. The van der Waals surface area contributed by atoms with Gasteiger partial charge in [0.15, 0.2) is 0 Å². The number of hydrogen-bond acceptors (Lipinski definition) is 3. The van der Waals surface area contributed by atoms with Gasteiger partial charge in [-0.1, -0.05) is 27.2 Å². The SMILES string of the molecule is CCCC(C)(C)CNC1CCC(C(=O)OC)CC1. The first-order chi connectivity index (χ1) is 8.48. The van der Waals surface area contributed by atoms with Gasteiger partial charge in [0.2, 0.25) is 0 Å². The quantitative estimate of drug-likeness (QED) is 0.741. The van der Waals surface area contributed by atoms with Crippen LogP contribution in [-0.2, 0) is 9.53 Å². The summed E-state index contributed by atoms with van der Waals surface area (Å²) in [6.07, 6.45) is 6.64. The van der Waals surface area contributed by atoms with E-state index in [1.165, 1.54) is 20.0 Å². The van der Waals surface area contributed by atoms with Gasteiger partial charge in [0.25, 0.3) is 0 Å². The van der Waals surface area contributed by atoms with E-state index in [0.717, 1.165) is 32.2 Å². The summed E-state index contributed by atoms with van der Waals surface area (Å²) in [5.41, 5.74) is 0.383. The maximum absolute atomic E-state index is 11.4. The summed E-state index contributed by atoms with van der Waals surface area (Å²) in [6, 6.07) is 0.585. The zero-order valence-corrected chi connectivity index (χ0v) is 12.4. The third-order valence-electron chi connectivity index (χ3n) is 4.06. The second-order valence-electron chi connectivity index (χ2n) is 6.37. The number of hydrogen-bond donors (Lipinski definition) is 1. The molecule has 0 radical (unpaired) electrons. The van der Waals surface area contributed by atoms with Gasteiger partial charge in [0.05, 0.1) is 13.0 Å². The van der Waals surface area contributed by atoms with E-state index in [-0.39, 0.29) is 11.9 Å². The lowest BCUT2D eigenvalue weighted by atomic mass is 9.84. The summed E-state index contributed by atoms with van der Waals surface area (Å²) in [6.45, 7) is 7.96. The zero-order valence-electron chi connectivity index (χ0n) is 12.4. The highest BCUT2D eigenvalue weighted by Crippen LogP contribution is 2.27. The Labute approximate surface area is 112 Å². The second-order valence-corrected chi connectivity index (χ2v) is 6.37. The Bertz CT molecular complexity index is 255. The highest BCUT2D eigenvalue weighted by molar-refractivity contribution is 5.72. The van der Waals surface area contributed by atoms with Crippen molar-refractivity contribution >= 4 is 5.97 Å². The van der Waals surface area contributed by atoms with Crippen LogP contribution in [0.3, 0.4) is 0 Å². The standard InChI is InChI=1S/C15H29NO2/c1-5-10-15(2,3)11-16-13-8-6-12(7-9-13)14(17)18-4/h12-13,16H,5-11H2,1-4H3. The highest BCUT2D eigenvalue weighted by Gasteiger charge is 2.27. The molecule has 1 aliphatic rings. The molecule has 0 bridgehead atoms. The topological polar surface area (TPSA) is 38.3 Å². The number of rotatable bonds is 6. The van der Waals surface area contributed by atoms with Crippen LogP contribution in [0.1, 0.15) is 59.3 Å². The molecule has 0 aliphatic heterocycles. The average Bonchev–Trinajstić information content (AvgIpc) is 2.36. The van der Waals surface area contributed by atoms with Crippen molar-refractivity contribution in [2.24, 2.45) is 11.3 Å². The van der Waals surface area contributed by atoms with Crippen molar-refractivity contribution in [2.75, 3.05) is 13.7 Å². The molecule has 0 spiro atoms. The van der Waals surface area contributed by atoms with Crippen LogP contribution in [0, 0.1) is 11.3 Å². The normalized spacial score (nSPS) is 24.9. The van der Waals surface area contributed by atoms with Crippen LogP contribution in [0.2, 0.25) is 0 Å². The van der Waals surface area contributed by atoms with Gasteiger partial charge in [0.1, 0.15) is 0 Å². The van der Waals surface area contributed by atoms with E-state index in [1.807, 2.05) is 0 Å². The van der Waals surface area contributed by atoms with Gasteiger partial charge in [0, 0.05) is 12.6 Å². The maximum Gasteiger partial charge on any atom is 0.308 e. The average molecular weight is 255 g/mol. The van der Waals surface area contributed by atoms with Crippen molar-refractivity contribution in [3.05, 3.63) is 0 Å². The second kappa shape index (κ2) is 7.13. The first-order valence-corrected chi connectivity index (χ1v) is 7.29. The molecule has 3 heteroatoms. The summed E-state index contributed by atoms with van der Waals surface area (Å²) in [5.74, 6) is 0.108. The number of carbonyl (C=O) groups is 1. The molecule has 0 atom stereocenters. The molecule has 0 saturated heterocycles. The predicted molar refractivity (Wildman–Crippen MR) is 74.5 cm³/mol. The van der Waals surface area contributed by atoms with Gasteiger partial charge in [-0.2, -0.15) is 0 Å². The van der Waals surface area contributed by atoms with E-state index < -0.39 is 0 Å². The molecular formula is C15H29NO2. The molecule has 1 aliphatic carbocycles. The molecule has 0 aromatic carbocycles. The van der Waals surface area contributed by atoms with Gasteiger partial charge in [-0.05, 0) is 37.5 Å². The maximum atomic E-state index is 11.4. The van der Waals surface area contributed by atoms with Crippen molar-refractivity contribution in [1.82, 2.24) is 5.32 Å². The lowest BCUT2D eigenvalue weighted by molar-refractivity contribution is -0.146. The molecule has 1 saturated carbocycles. The van der Waals surface area contributed by atoms with Crippen LogP contribution in [0.4, 0.5) is 0 Å². The minimum Gasteiger partial charge on any atom is -0.469 e. The van der Waals surface area contributed by atoms with Crippen molar-refractivity contribution in [3.8, 4) is 0 Å². The Hall–Kier alpha value is -0.570. The number of esters is 1. The first kappa shape index (κ1) is 15.5. The molecule has 1 N–H and O–H groups in total. The van der Waals surface area contributed by atoms with Gasteiger partial charge in [-0.25, -0.2) is 0 Å². The van der Waals surface area contributed by atoms with E-state index in [4.69, 9.17) is 4.74 Å². The Morgan fingerprint density at radius 2 is 1.89 bits per heavy atom. The van der Waals surface area contributed by atoms with Crippen molar-refractivity contribution in [2.45, 2.75) is 65.3 Å². The Balaban J connectivity index is 2.25. The van der Waals surface area contributed by atoms with Crippen LogP contribution < -0.4 is 5.32 Å². The monoisotopic (exact) mass is 255 g/mol. The summed E-state index contributed by atoms with van der Waals surface area (Å²) < 4.78 is 4.81. The molecule has 0 unspecified atom stereocenters. The lowest BCUT2D eigenvalue weighted by Gasteiger charge is -2.32. The minimum atomic E-state index is -0.0280. The molecule has 0 aromatic rings. The third-order valence-corrected chi connectivity index (χ3v) is 4.06. The van der Waals surface area contributed by atoms with Crippen LogP contribution in [0.15, 0.2) is 0 Å². The molecule has 0 amide bonds. The minimum absolute atomic E-state index is 0.0280.